The van der Waals surface area contributed by atoms with Crippen molar-refractivity contribution in [2.45, 2.75) is 26.8 Å². The molecule has 0 aliphatic rings. The normalized spacial score (nSPS) is 11.4. The summed E-state index contributed by atoms with van der Waals surface area (Å²) in [5, 5.41) is 0. The summed E-state index contributed by atoms with van der Waals surface area (Å²) in [4.78, 5) is 13.2. The Morgan fingerprint density at radius 3 is 2.56 bits per heavy atom. The Labute approximate surface area is 55.3 Å². The molecule has 0 heterocycles. The fourth-order valence-electron chi connectivity index (χ4n) is 0.603. The molecule has 0 aromatic heterocycles. The summed E-state index contributed by atoms with van der Waals surface area (Å²) in [7, 11) is 0. The molecule has 0 saturated heterocycles. The van der Waals surface area contributed by atoms with Gasteiger partial charge in [0.05, 0.1) is 6.04 Å². The van der Waals surface area contributed by atoms with Crippen molar-refractivity contribution in [1.29, 1.82) is 0 Å². The van der Waals surface area contributed by atoms with Crippen molar-refractivity contribution in [2.24, 2.45) is 4.99 Å². The highest BCUT2D eigenvalue weighted by atomic mass is 16.1. The summed E-state index contributed by atoms with van der Waals surface area (Å²) in [6.07, 6.45) is 3.41. The molecule has 0 aliphatic heterocycles. The SMILES string of the molecule is CC(C)=CC(C)N=C=O. The summed E-state index contributed by atoms with van der Waals surface area (Å²) < 4.78 is 0. The topological polar surface area (TPSA) is 29.4 Å². The number of hydrogen-bond donors (Lipinski definition) is 0. The highest BCUT2D eigenvalue weighted by molar-refractivity contribution is 5.34. The molecule has 9 heavy (non-hydrogen) atoms. The molecule has 2 nitrogen and oxygen atoms in total. The second-order valence-electron chi connectivity index (χ2n) is 2.21. The van der Waals surface area contributed by atoms with Gasteiger partial charge in [0.2, 0.25) is 6.08 Å². The lowest BCUT2D eigenvalue weighted by atomic mass is 10.2. The van der Waals surface area contributed by atoms with Crippen LogP contribution in [-0.2, 0) is 4.79 Å². The van der Waals surface area contributed by atoms with Crippen molar-refractivity contribution in [3.05, 3.63) is 11.6 Å². The van der Waals surface area contributed by atoms with E-state index in [1.54, 1.807) is 0 Å². The van der Waals surface area contributed by atoms with Gasteiger partial charge >= 0.3 is 0 Å². The number of aliphatic imine (C=N–C) groups is 1. The van der Waals surface area contributed by atoms with Crippen LogP contribution in [0.2, 0.25) is 0 Å². The zero-order valence-electron chi connectivity index (χ0n) is 6.01. The highest BCUT2D eigenvalue weighted by Gasteiger charge is 1.89. The first-order valence-corrected chi connectivity index (χ1v) is 2.89. The van der Waals surface area contributed by atoms with Gasteiger partial charge in [-0.3, -0.25) is 0 Å². The zero-order chi connectivity index (χ0) is 7.28. The van der Waals surface area contributed by atoms with Crippen molar-refractivity contribution < 1.29 is 4.79 Å². The van der Waals surface area contributed by atoms with E-state index >= 15 is 0 Å². The van der Waals surface area contributed by atoms with Gasteiger partial charge in [0, 0.05) is 0 Å². The second-order valence-corrected chi connectivity index (χ2v) is 2.21. The maximum absolute atomic E-state index is 9.68. The Morgan fingerprint density at radius 2 is 2.22 bits per heavy atom. The molecule has 0 N–H and O–H groups in total. The van der Waals surface area contributed by atoms with E-state index in [0.29, 0.717) is 0 Å². The molecule has 0 bridgehead atoms. The maximum Gasteiger partial charge on any atom is 0.235 e. The summed E-state index contributed by atoms with van der Waals surface area (Å²) in [6, 6.07) is -0.0208. The first-order chi connectivity index (χ1) is 4.16. The Hall–Kier alpha value is -0.880. The molecule has 0 saturated carbocycles. The fraction of sp³-hybridized carbons (Fsp3) is 0.571. The third-order valence-electron chi connectivity index (χ3n) is 0.831. The van der Waals surface area contributed by atoms with E-state index in [-0.39, 0.29) is 6.04 Å². The summed E-state index contributed by atoms with van der Waals surface area (Å²) in [5.74, 6) is 0. The molecule has 50 valence electrons. The van der Waals surface area contributed by atoms with Crippen LogP contribution in [0.25, 0.3) is 0 Å². The lowest BCUT2D eigenvalue weighted by Crippen LogP contribution is -1.90. The van der Waals surface area contributed by atoms with Crippen molar-refractivity contribution in [2.75, 3.05) is 0 Å². The first kappa shape index (κ1) is 8.12. The molecule has 0 spiro atoms. The summed E-state index contributed by atoms with van der Waals surface area (Å²) in [6.45, 7) is 5.78. The quantitative estimate of drug-likeness (QED) is 0.313. The van der Waals surface area contributed by atoms with Crippen molar-refractivity contribution >= 4 is 6.08 Å². The smallest absolute Gasteiger partial charge is 0.211 e. The van der Waals surface area contributed by atoms with E-state index in [2.05, 4.69) is 4.99 Å². The van der Waals surface area contributed by atoms with Gasteiger partial charge in [-0.25, -0.2) is 4.79 Å². The standard InChI is InChI=1S/C7H11NO/c1-6(2)4-7(3)8-5-9/h4,7H,1-3H3. The van der Waals surface area contributed by atoms with Gasteiger partial charge in [-0.2, -0.15) is 4.99 Å². The summed E-state index contributed by atoms with van der Waals surface area (Å²) >= 11 is 0. The third kappa shape index (κ3) is 4.98. The number of carbonyl (C=O) groups excluding carboxylic acids is 1. The van der Waals surface area contributed by atoms with E-state index in [1.807, 2.05) is 26.8 Å². The van der Waals surface area contributed by atoms with Crippen LogP contribution in [0.15, 0.2) is 16.6 Å². The van der Waals surface area contributed by atoms with Gasteiger partial charge in [0.1, 0.15) is 0 Å². The lowest BCUT2D eigenvalue weighted by Gasteiger charge is -1.93. The highest BCUT2D eigenvalue weighted by Crippen LogP contribution is 1.95. The molecule has 0 radical (unpaired) electrons. The Bertz CT molecular complexity index is 150. The Kier molecular flexibility index (Phi) is 3.65. The van der Waals surface area contributed by atoms with E-state index in [4.69, 9.17) is 0 Å². The van der Waals surface area contributed by atoms with Crippen LogP contribution in [0, 0.1) is 0 Å². The maximum atomic E-state index is 9.68. The van der Waals surface area contributed by atoms with Crippen LogP contribution in [0.1, 0.15) is 20.8 Å². The average Bonchev–Trinajstić information content (AvgIpc) is 1.63. The van der Waals surface area contributed by atoms with Crippen molar-refractivity contribution in [1.82, 2.24) is 0 Å². The predicted octanol–water partition coefficient (Wildman–Crippen LogP) is 1.68. The second kappa shape index (κ2) is 4.04. The largest absolute Gasteiger partial charge is 0.235 e. The minimum absolute atomic E-state index is 0.0208. The molecule has 0 aromatic carbocycles. The Morgan fingerprint density at radius 1 is 1.67 bits per heavy atom. The van der Waals surface area contributed by atoms with Crippen molar-refractivity contribution in [3.63, 3.8) is 0 Å². The van der Waals surface area contributed by atoms with E-state index < -0.39 is 0 Å². The van der Waals surface area contributed by atoms with Crippen LogP contribution < -0.4 is 0 Å². The minimum Gasteiger partial charge on any atom is -0.211 e. The van der Waals surface area contributed by atoms with Gasteiger partial charge < -0.3 is 0 Å². The molecule has 1 unspecified atom stereocenters. The molecule has 0 amide bonds. The molecular formula is C7H11NO. The fourth-order valence-corrected chi connectivity index (χ4v) is 0.603. The first-order valence-electron chi connectivity index (χ1n) is 2.89. The molecule has 0 rings (SSSR count). The monoisotopic (exact) mass is 125 g/mol. The van der Waals surface area contributed by atoms with Crippen molar-refractivity contribution in [3.8, 4) is 0 Å². The predicted molar refractivity (Wildman–Crippen MR) is 37.0 cm³/mol. The van der Waals surface area contributed by atoms with Gasteiger partial charge in [-0.05, 0) is 20.8 Å². The van der Waals surface area contributed by atoms with Crippen LogP contribution >= 0.6 is 0 Å². The van der Waals surface area contributed by atoms with E-state index in [0.717, 1.165) is 0 Å². The van der Waals surface area contributed by atoms with Gasteiger partial charge in [0.15, 0.2) is 0 Å². The van der Waals surface area contributed by atoms with Crippen LogP contribution in [-0.4, -0.2) is 12.1 Å². The minimum atomic E-state index is -0.0208. The summed E-state index contributed by atoms with van der Waals surface area (Å²) in [5.41, 5.74) is 1.17. The van der Waals surface area contributed by atoms with Crippen LogP contribution in [0.4, 0.5) is 0 Å². The number of allylic oxidation sites excluding steroid dienone is 1. The number of hydrogen-bond acceptors (Lipinski definition) is 2. The van der Waals surface area contributed by atoms with E-state index in [1.165, 1.54) is 11.7 Å². The van der Waals surface area contributed by atoms with Gasteiger partial charge in [-0.1, -0.05) is 11.6 Å². The van der Waals surface area contributed by atoms with E-state index in [9.17, 15) is 4.79 Å². The van der Waals surface area contributed by atoms with Crippen LogP contribution in [0.5, 0.6) is 0 Å². The lowest BCUT2D eigenvalue weighted by molar-refractivity contribution is 0.561. The number of isocyanates is 1. The number of nitrogens with zero attached hydrogens (tertiary/aromatic N) is 1. The molecule has 0 aliphatic carbocycles. The Balaban J connectivity index is 3.91. The van der Waals surface area contributed by atoms with Gasteiger partial charge in [-0.15, -0.1) is 0 Å². The number of rotatable bonds is 2. The molecule has 1 atom stereocenters. The van der Waals surface area contributed by atoms with Gasteiger partial charge in [0.25, 0.3) is 0 Å². The zero-order valence-corrected chi connectivity index (χ0v) is 6.01. The molecular weight excluding hydrogens is 114 g/mol. The molecule has 0 aromatic rings. The molecule has 0 fully saturated rings. The third-order valence-corrected chi connectivity index (χ3v) is 0.831. The van der Waals surface area contributed by atoms with Crippen LogP contribution in [0.3, 0.4) is 0 Å². The average molecular weight is 125 g/mol. The molecule has 2 heteroatoms.